The van der Waals surface area contributed by atoms with Crippen LogP contribution in [-0.2, 0) is 13.5 Å². The summed E-state index contributed by atoms with van der Waals surface area (Å²) in [7, 11) is 1.91. The minimum Gasteiger partial charge on any atom is -0.324 e. The molecule has 0 fully saturated rings. The molecule has 4 heteroatoms. The Balaban J connectivity index is 2.11. The zero-order valence-corrected chi connectivity index (χ0v) is 9.59. The van der Waals surface area contributed by atoms with Gasteiger partial charge in [-0.25, -0.2) is 0 Å². The summed E-state index contributed by atoms with van der Waals surface area (Å²) in [5, 5.41) is 4.32. The first-order valence-electron chi connectivity index (χ1n) is 5.32. The summed E-state index contributed by atoms with van der Waals surface area (Å²) >= 11 is 0. The van der Waals surface area contributed by atoms with Gasteiger partial charge < -0.3 is 5.73 Å². The topological polar surface area (TPSA) is 56.7 Å². The smallest absolute Gasteiger partial charge is 0.0643 e. The SMILES string of the molecule is Cc1cc(C(N)Cc2ccn(C)n2)ccn1. The highest BCUT2D eigenvalue weighted by atomic mass is 15.2. The molecule has 4 nitrogen and oxygen atoms in total. The van der Waals surface area contributed by atoms with Gasteiger partial charge in [-0.2, -0.15) is 5.10 Å². The third-order valence-electron chi connectivity index (χ3n) is 2.55. The van der Waals surface area contributed by atoms with Gasteiger partial charge in [-0.05, 0) is 30.7 Å². The van der Waals surface area contributed by atoms with Crippen molar-refractivity contribution in [3.8, 4) is 0 Å². The average molecular weight is 216 g/mol. The van der Waals surface area contributed by atoms with Gasteiger partial charge in [0, 0.05) is 37.6 Å². The lowest BCUT2D eigenvalue weighted by molar-refractivity contribution is 0.674. The molecule has 0 aliphatic carbocycles. The van der Waals surface area contributed by atoms with Gasteiger partial charge in [0.2, 0.25) is 0 Å². The molecule has 2 aromatic rings. The maximum absolute atomic E-state index is 6.13. The zero-order valence-electron chi connectivity index (χ0n) is 9.59. The van der Waals surface area contributed by atoms with E-state index in [9.17, 15) is 0 Å². The number of hydrogen-bond donors (Lipinski definition) is 1. The Morgan fingerprint density at radius 1 is 1.44 bits per heavy atom. The number of hydrogen-bond acceptors (Lipinski definition) is 3. The van der Waals surface area contributed by atoms with E-state index in [4.69, 9.17) is 5.73 Å². The van der Waals surface area contributed by atoms with Gasteiger partial charge in [0.15, 0.2) is 0 Å². The Morgan fingerprint density at radius 2 is 2.25 bits per heavy atom. The quantitative estimate of drug-likeness (QED) is 0.843. The molecule has 2 aromatic heterocycles. The highest BCUT2D eigenvalue weighted by Crippen LogP contribution is 2.14. The van der Waals surface area contributed by atoms with Crippen molar-refractivity contribution in [2.75, 3.05) is 0 Å². The first kappa shape index (κ1) is 10.8. The van der Waals surface area contributed by atoms with Gasteiger partial charge >= 0.3 is 0 Å². The van der Waals surface area contributed by atoms with E-state index in [0.29, 0.717) is 0 Å². The molecule has 1 unspecified atom stereocenters. The van der Waals surface area contributed by atoms with Crippen molar-refractivity contribution in [1.29, 1.82) is 0 Å². The monoisotopic (exact) mass is 216 g/mol. The number of aromatic nitrogens is 3. The molecular weight excluding hydrogens is 200 g/mol. The molecule has 0 saturated carbocycles. The molecule has 0 aliphatic rings. The highest BCUT2D eigenvalue weighted by molar-refractivity contribution is 5.20. The fourth-order valence-electron chi connectivity index (χ4n) is 1.71. The minimum absolute atomic E-state index is 0.0170. The van der Waals surface area contributed by atoms with E-state index in [2.05, 4.69) is 10.1 Å². The van der Waals surface area contributed by atoms with Crippen LogP contribution in [0.4, 0.5) is 0 Å². The Kier molecular flexibility index (Phi) is 3.01. The highest BCUT2D eigenvalue weighted by Gasteiger charge is 2.09. The fourth-order valence-corrected chi connectivity index (χ4v) is 1.71. The Bertz CT molecular complexity index is 475. The molecule has 0 radical (unpaired) electrons. The molecule has 0 amide bonds. The second kappa shape index (κ2) is 4.45. The van der Waals surface area contributed by atoms with E-state index >= 15 is 0 Å². The van der Waals surface area contributed by atoms with Crippen LogP contribution in [0.15, 0.2) is 30.6 Å². The predicted octanol–water partition coefficient (Wildman–Crippen LogP) is 1.37. The van der Waals surface area contributed by atoms with Gasteiger partial charge in [0.1, 0.15) is 0 Å². The second-order valence-corrected chi connectivity index (χ2v) is 4.02. The van der Waals surface area contributed by atoms with Crippen LogP contribution in [0, 0.1) is 6.92 Å². The van der Waals surface area contributed by atoms with E-state index < -0.39 is 0 Å². The molecule has 0 aliphatic heterocycles. The lowest BCUT2D eigenvalue weighted by Gasteiger charge is -2.10. The summed E-state index contributed by atoms with van der Waals surface area (Å²) in [6.07, 6.45) is 4.48. The standard InChI is InChI=1S/C12H16N4/c1-9-7-10(3-5-14-9)12(13)8-11-4-6-16(2)15-11/h3-7,12H,8,13H2,1-2H3. The largest absolute Gasteiger partial charge is 0.324 e. The summed E-state index contributed by atoms with van der Waals surface area (Å²) < 4.78 is 1.79. The third-order valence-corrected chi connectivity index (χ3v) is 2.55. The van der Waals surface area contributed by atoms with Crippen molar-refractivity contribution in [2.24, 2.45) is 12.8 Å². The normalized spacial score (nSPS) is 12.7. The van der Waals surface area contributed by atoms with Crippen LogP contribution >= 0.6 is 0 Å². The predicted molar refractivity (Wildman–Crippen MR) is 62.8 cm³/mol. The molecule has 0 aromatic carbocycles. The molecule has 84 valence electrons. The lowest BCUT2D eigenvalue weighted by atomic mass is 10.0. The van der Waals surface area contributed by atoms with Crippen LogP contribution in [0.25, 0.3) is 0 Å². The molecule has 2 heterocycles. The van der Waals surface area contributed by atoms with E-state index in [-0.39, 0.29) is 6.04 Å². The van der Waals surface area contributed by atoms with Crippen LogP contribution in [0.1, 0.15) is 23.0 Å². The Hall–Kier alpha value is -1.68. The molecule has 16 heavy (non-hydrogen) atoms. The first-order chi connectivity index (χ1) is 7.65. The number of nitrogens with zero attached hydrogens (tertiary/aromatic N) is 3. The third kappa shape index (κ3) is 2.46. The van der Waals surface area contributed by atoms with Crippen LogP contribution in [0.5, 0.6) is 0 Å². The molecule has 0 bridgehead atoms. The molecule has 2 N–H and O–H groups in total. The average Bonchev–Trinajstić information content (AvgIpc) is 2.64. The zero-order chi connectivity index (χ0) is 11.5. The molecule has 0 saturated heterocycles. The van der Waals surface area contributed by atoms with E-state index in [1.165, 1.54) is 0 Å². The number of aryl methyl sites for hydroxylation is 2. The molecule has 0 spiro atoms. The van der Waals surface area contributed by atoms with Gasteiger partial charge in [0.05, 0.1) is 5.69 Å². The van der Waals surface area contributed by atoms with Crippen molar-refractivity contribution in [1.82, 2.24) is 14.8 Å². The summed E-state index contributed by atoms with van der Waals surface area (Å²) in [5.41, 5.74) is 9.25. The van der Waals surface area contributed by atoms with Gasteiger partial charge in [-0.1, -0.05) is 0 Å². The van der Waals surface area contributed by atoms with Crippen LogP contribution in [0.2, 0.25) is 0 Å². The van der Waals surface area contributed by atoms with E-state index in [1.54, 1.807) is 10.9 Å². The Labute approximate surface area is 95.1 Å². The van der Waals surface area contributed by atoms with Gasteiger partial charge in [-0.3, -0.25) is 9.67 Å². The Morgan fingerprint density at radius 3 is 2.88 bits per heavy atom. The van der Waals surface area contributed by atoms with Crippen molar-refractivity contribution < 1.29 is 0 Å². The molecule has 2 rings (SSSR count). The summed E-state index contributed by atoms with van der Waals surface area (Å²) in [4.78, 5) is 4.16. The van der Waals surface area contributed by atoms with Crippen molar-refractivity contribution in [3.05, 3.63) is 47.5 Å². The maximum atomic E-state index is 6.13. The van der Waals surface area contributed by atoms with Crippen LogP contribution in [-0.4, -0.2) is 14.8 Å². The maximum Gasteiger partial charge on any atom is 0.0643 e. The van der Waals surface area contributed by atoms with Gasteiger partial charge in [-0.15, -0.1) is 0 Å². The van der Waals surface area contributed by atoms with Crippen molar-refractivity contribution in [3.63, 3.8) is 0 Å². The van der Waals surface area contributed by atoms with E-state index in [0.717, 1.165) is 23.4 Å². The van der Waals surface area contributed by atoms with Gasteiger partial charge in [0.25, 0.3) is 0 Å². The second-order valence-electron chi connectivity index (χ2n) is 4.02. The van der Waals surface area contributed by atoms with E-state index in [1.807, 2.05) is 38.4 Å². The number of rotatable bonds is 3. The van der Waals surface area contributed by atoms with Crippen molar-refractivity contribution >= 4 is 0 Å². The number of pyridine rings is 1. The lowest BCUT2D eigenvalue weighted by Crippen LogP contribution is -2.14. The minimum atomic E-state index is -0.0170. The fraction of sp³-hybridized carbons (Fsp3) is 0.333. The number of nitrogens with two attached hydrogens (primary N) is 1. The summed E-state index contributed by atoms with van der Waals surface area (Å²) in [5.74, 6) is 0. The molecular formula is C12H16N4. The first-order valence-corrected chi connectivity index (χ1v) is 5.32. The van der Waals surface area contributed by atoms with Crippen molar-refractivity contribution in [2.45, 2.75) is 19.4 Å². The summed E-state index contributed by atoms with van der Waals surface area (Å²) in [6.45, 7) is 1.97. The summed E-state index contributed by atoms with van der Waals surface area (Å²) in [6, 6.07) is 5.96. The van der Waals surface area contributed by atoms with Crippen LogP contribution < -0.4 is 5.73 Å². The molecule has 1 atom stereocenters. The van der Waals surface area contributed by atoms with Crippen LogP contribution in [0.3, 0.4) is 0 Å².